The molecule has 29 heavy (non-hydrogen) atoms. The van der Waals surface area contributed by atoms with Gasteiger partial charge in [0.25, 0.3) is 0 Å². The van der Waals surface area contributed by atoms with Crippen LogP contribution in [-0.4, -0.2) is 29.1 Å². The topological polar surface area (TPSA) is 63.6 Å². The third kappa shape index (κ3) is 3.12. The second-order valence-electron chi connectivity index (χ2n) is 10.9. The number of fused-ring (bicyclic) bond motifs is 5. The van der Waals surface area contributed by atoms with Crippen LogP contribution in [0.3, 0.4) is 0 Å². The largest absolute Gasteiger partial charge is 0.466 e. The SMILES string of the molecule is CC(=O)OCCC[C@]1(O)CC[C@H]2[C@@H]3CCC4=CC(=O)C[C@H](C)[C@]4(C)[C@H]3CC[C@@]21C. The van der Waals surface area contributed by atoms with Crippen molar-refractivity contribution in [2.24, 2.45) is 34.5 Å². The Balaban J connectivity index is 1.54. The van der Waals surface area contributed by atoms with Gasteiger partial charge in [-0.1, -0.05) is 26.3 Å². The molecule has 3 saturated carbocycles. The average molecular weight is 403 g/mol. The summed E-state index contributed by atoms with van der Waals surface area (Å²) in [5.74, 6) is 2.32. The Labute approximate surface area is 175 Å². The molecule has 0 aromatic heterocycles. The van der Waals surface area contributed by atoms with Crippen LogP contribution in [0.25, 0.3) is 0 Å². The van der Waals surface area contributed by atoms with Crippen molar-refractivity contribution >= 4 is 11.8 Å². The molecule has 0 aromatic carbocycles. The minimum absolute atomic E-state index is 0.0459. The number of ketones is 1. The first kappa shape index (κ1) is 21.1. The van der Waals surface area contributed by atoms with Crippen LogP contribution in [-0.2, 0) is 14.3 Å². The van der Waals surface area contributed by atoms with E-state index < -0.39 is 5.60 Å². The number of carbonyl (C=O) groups is 2. The van der Waals surface area contributed by atoms with Gasteiger partial charge < -0.3 is 9.84 Å². The fraction of sp³-hybridized carbons (Fsp3) is 0.840. The molecular weight excluding hydrogens is 364 g/mol. The molecule has 4 heteroatoms. The molecule has 4 aliphatic rings. The number of rotatable bonds is 4. The molecule has 0 aliphatic heterocycles. The Hall–Kier alpha value is -1.16. The molecule has 0 heterocycles. The van der Waals surface area contributed by atoms with Crippen molar-refractivity contribution in [1.82, 2.24) is 0 Å². The summed E-state index contributed by atoms with van der Waals surface area (Å²) in [5, 5.41) is 11.7. The van der Waals surface area contributed by atoms with E-state index in [2.05, 4.69) is 20.8 Å². The van der Waals surface area contributed by atoms with Crippen LogP contribution in [0.15, 0.2) is 11.6 Å². The van der Waals surface area contributed by atoms with Crippen molar-refractivity contribution < 1.29 is 19.4 Å². The number of hydrogen-bond donors (Lipinski definition) is 1. The highest BCUT2D eigenvalue weighted by atomic mass is 16.5. The first-order valence-corrected chi connectivity index (χ1v) is 11.7. The first-order valence-electron chi connectivity index (χ1n) is 11.7. The van der Waals surface area contributed by atoms with Crippen molar-refractivity contribution in [3.05, 3.63) is 11.6 Å². The minimum atomic E-state index is -0.645. The van der Waals surface area contributed by atoms with E-state index in [1.807, 2.05) is 6.08 Å². The Morgan fingerprint density at radius 3 is 2.66 bits per heavy atom. The van der Waals surface area contributed by atoms with Crippen LogP contribution in [0.4, 0.5) is 0 Å². The van der Waals surface area contributed by atoms with Crippen molar-refractivity contribution in [3.8, 4) is 0 Å². The van der Waals surface area contributed by atoms with Crippen LogP contribution < -0.4 is 0 Å². The molecule has 4 rings (SSSR count). The molecule has 0 spiro atoms. The summed E-state index contributed by atoms with van der Waals surface area (Å²) in [7, 11) is 0. The van der Waals surface area contributed by atoms with E-state index in [-0.39, 0.29) is 16.8 Å². The van der Waals surface area contributed by atoms with Crippen molar-refractivity contribution in [2.45, 2.75) is 91.1 Å². The quantitative estimate of drug-likeness (QED) is 0.540. The van der Waals surface area contributed by atoms with E-state index in [9.17, 15) is 14.7 Å². The molecule has 7 atom stereocenters. The van der Waals surface area contributed by atoms with Gasteiger partial charge in [-0.3, -0.25) is 9.59 Å². The molecule has 162 valence electrons. The van der Waals surface area contributed by atoms with Gasteiger partial charge in [0.05, 0.1) is 12.2 Å². The van der Waals surface area contributed by atoms with Crippen LogP contribution in [0.1, 0.15) is 85.5 Å². The van der Waals surface area contributed by atoms with E-state index in [0.29, 0.717) is 42.5 Å². The summed E-state index contributed by atoms with van der Waals surface area (Å²) in [6.07, 6.45) is 10.5. The number of aliphatic hydroxyl groups is 1. The standard InChI is InChI=1S/C25H38O4/c1-16-14-19(27)15-18-6-7-20-21-9-12-25(28,10-5-13-29-17(2)26)23(21,3)11-8-22(20)24(16,18)4/h15-16,20-22,28H,5-14H2,1-4H3/t16-,20-,21-,22-,23-,24-,25-/m0/s1. The molecule has 4 aliphatic carbocycles. The molecule has 0 aromatic rings. The zero-order valence-electron chi connectivity index (χ0n) is 18.6. The molecule has 0 bridgehead atoms. The van der Waals surface area contributed by atoms with Crippen molar-refractivity contribution in [3.63, 3.8) is 0 Å². The minimum Gasteiger partial charge on any atom is -0.466 e. The van der Waals surface area contributed by atoms with Crippen LogP contribution in [0.2, 0.25) is 0 Å². The molecule has 0 radical (unpaired) electrons. The fourth-order valence-electron chi connectivity index (χ4n) is 8.04. The summed E-state index contributed by atoms with van der Waals surface area (Å²) in [4.78, 5) is 23.2. The van der Waals surface area contributed by atoms with Gasteiger partial charge in [0.2, 0.25) is 0 Å². The number of carbonyl (C=O) groups excluding carboxylic acids is 2. The van der Waals surface area contributed by atoms with Gasteiger partial charge in [-0.25, -0.2) is 0 Å². The summed E-state index contributed by atoms with van der Waals surface area (Å²) in [6.45, 7) is 8.88. The van der Waals surface area contributed by atoms with Gasteiger partial charge in [0.1, 0.15) is 0 Å². The highest BCUT2D eigenvalue weighted by Gasteiger charge is 2.64. The number of ether oxygens (including phenoxy) is 1. The van der Waals surface area contributed by atoms with E-state index in [4.69, 9.17) is 4.74 Å². The lowest BCUT2D eigenvalue weighted by Crippen LogP contribution is -2.56. The normalized spacial score (nSPS) is 46.4. The van der Waals surface area contributed by atoms with E-state index in [1.165, 1.54) is 12.5 Å². The fourth-order valence-corrected chi connectivity index (χ4v) is 8.04. The molecule has 0 amide bonds. The summed E-state index contributed by atoms with van der Waals surface area (Å²) in [5.41, 5.74) is 0.860. The molecule has 3 fully saturated rings. The van der Waals surface area contributed by atoms with E-state index in [1.54, 1.807) is 0 Å². The summed E-state index contributed by atoms with van der Waals surface area (Å²) < 4.78 is 5.11. The highest BCUT2D eigenvalue weighted by Crippen LogP contribution is 2.68. The van der Waals surface area contributed by atoms with Crippen LogP contribution in [0, 0.1) is 34.5 Å². The second-order valence-corrected chi connectivity index (χ2v) is 10.9. The maximum atomic E-state index is 12.2. The maximum Gasteiger partial charge on any atom is 0.302 e. The molecule has 4 nitrogen and oxygen atoms in total. The third-order valence-corrected chi connectivity index (χ3v) is 9.87. The smallest absolute Gasteiger partial charge is 0.302 e. The summed E-state index contributed by atoms with van der Waals surface area (Å²) in [6, 6.07) is 0. The van der Waals surface area contributed by atoms with Crippen molar-refractivity contribution in [2.75, 3.05) is 6.61 Å². The van der Waals surface area contributed by atoms with Crippen LogP contribution in [0.5, 0.6) is 0 Å². The number of hydrogen-bond acceptors (Lipinski definition) is 4. The molecule has 0 saturated heterocycles. The molecule has 1 N–H and O–H groups in total. The Kier molecular flexibility index (Phi) is 5.25. The van der Waals surface area contributed by atoms with Crippen molar-refractivity contribution in [1.29, 1.82) is 0 Å². The maximum absolute atomic E-state index is 12.2. The lowest BCUT2D eigenvalue weighted by molar-refractivity contribution is -0.146. The van der Waals surface area contributed by atoms with Gasteiger partial charge in [0.15, 0.2) is 5.78 Å². The van der Waals surface area contributed by atoms with Gasteiger partial charge in [-0.15, -0.1) is 0 Å². The Morgan fingerprint density at radius 1 is 1.21 bits per heavy atom. The Morgan fingerprint density at radius 2 is 1.93 bits per heavy atom. The monoisotopic (exact) mass is 402 g/mol. The van der Waals surface area contributed by atoms with E-state index >= 15 is 0 Å². The van der Waals surface area contributed by atoms with Gasteiger partial charge in [0, 0.05) is 13.3 Å². The molecular formula is C25H38O4. The molecule has 0 unspecified atom stereocenters. The third-order valence-electron chi connectivity index (χ3n) is 9.87. The lowest BCUT2D eigenvalue weighted by atomic mass is 9.44. The lowest BCUT2D eigenvalue weighted by Gasteiger charge is -2.60. The van der Waals surface area contributed by atoms with Gasteiger partial charge >= 0.3 is 5.97 Å². The zero-order valence-corrected chi connectivity index (χ0v) is 18.6. The number of esters is 1. The average Bonchev–Trinajstić information content (AvgIpc) is 2.92. The summed E-state index contributed by atoms with van der Waals surface area (Å²) >= 11 is 0. The predicted molar refractivity (Wildman–Crippen MR) is 112 cm³/mol. The van der Waals surface area contributed by atoms with Crippen LogP contribution >= 0.6 is 0 Å². The van der Waals surface area contributed by atoms with E-state index in [0.717, 1.165) is 51.4 Å². The van der Waals surface area contributed by atoms with Gasteiger partial charge in [-0.2, -0.15) is 0 Å². The second kappa shape index (κ2) is 7.21. The van der Waals surface area contributed by atoms with Gasteiger partial charge in [-0.05, 0) is 91.9 Å². The first-order chi connectivity index (χ1) is 13.6. The Bertz CT molecular complexity index is 726. The number of allylic oxidation sites excluding steroid dienone is 1. The predicted octanol–water partition coefficient (Wildman–Crippen LogP) is 4.84. The zero-order chi connectivity index (χ0) is 21.0. The highest BCUT2D eigenvalue weighted by molar-refractivity contribution is 5.92.